The Balaban J connectivity index is 1.61. The first-order valence-electron chi connectivity index (χ1n) is 7.80. The molecule has 1 N–H and O–H groups in total. The van der Waals surface area contributed by atoms with Crippen LogP contribution in [0.5, 0.6) is 0 Å². The van der Waals surface area contributed by atoms with E-state index in [1.165, 1.54) is 32.4 Å². The van der Waals surface area contributed by atoms with Crippen molar-refractivity contribution in [3.05, 3.63) is 22.7 Å². The van der Waals surface area contributed by atoms with Gasteiger partial charge >= 0.3 is 0 Å². The molecular weight excluding hydrogens is 252 g/mol. The highest BCUT2D eigenvalue weighted by molar-refractivity contribution is 5.32. The van der Waals surface area contributed by atoms with Crippen molar-refractivity contribution in [1.29, 1.82) is 0 Å². The van der Waals surface area contributed by atoms with Crippen LogP contribution in [0, 0.1) is 0 Å². The van der Waals surface area contributed by atoms with E-state index in [0.29, 0.717) is 11.9 Å². The Morgan fingerprint density at radius 1 is 1.35 bits per heavy atom. The minimum atomic E-state index is 0.0282. The molecule has 110 valence electrons. The molecule has 1 aliphatic carbocycles. The van der Waals surface area contributed by atoms with Crippen LogP contribution < -0.4 is 10.9 Å². The summed E-state index contributed by atoms with van der Waals surface area (Å²) < 4.78 is 1.82. The second kappa shape index (κ2) is 5.95. The van der Waals surface area contributed by atoms with Crippen molar-refractivity contribution in [2.24, 2.45) is 0 Å². The molecule has 3 rings (SSSR count). The van der Waals surface area contributed by atoms with Crippen LogP contribution in [0.3, 0.4) is 0 Å². The number of nitrogens with one attached hydrogen (secondary N) is 1. The van der Waals surface area contributed by atoms with Gasteiger partial charge in [0.25, 0.3) is 5.56 Å². The fourth-order valence-corrected chi connectivity index (χ4v) is 2.97. The van der Waals surface area contributed by atoms with Gasteiger partial charge in [-0.2, -0.15) is 0 Å². The lowest BCUT2D eigenvalue weighted by atomic mass is 10.1. The molecule has 0 spiro atoms. The van der Waals surface area contributed by atoms with Crippen molar-refractivity contribution in [3.8, 4) is 0 Å². The number of anilines is 1. The lowest BCUT2D eigenvalue weighted by Gasteiger charge is -2.29. The van der Waals surface area contributed by atoms with Gasteiger partial charge in [-0.3, -0.25) is 4.79 Å². The fourth-order valence-electron chi connectivity index (χ4n) is 2.97. The third kappa shape index (κ3) is 3.20. The van der Waals surface area contributed by atoms with E-state index in [9.17, 15) is 4.79 Å². The Morgan fingerprint density at radius 3 is 2.80 bits per heavy atom. The number of hydrogen-bond donors (Lipinski definition) is 1. The lowest BCUT2D eigenvalue weighted by molar-refractivity contribution is 0.223. The van der Waals surface area contributed by atoms with Gasteiger partial charge in [-0.15, -0.1) is 0 Å². The van der Waals surface area contributed by atoms with E-state index in [2.05, 4.69) is 22.1 Å². The maximum Gasteiger partial charge on any atom is 0.293 e. The average Bonchev–Trinajstić information content (AvgIpc) is 3.27. The Kier molecular flexibility index (Phi) is 4.05. The van der Waals surface area contributed by atoms with E-state index in [0.717, 1.165) is 19.4 Å². The SMILES string of the molecule is CC(CN1CCCCC1)Nc1nccn(C2CC2)c1=O. The highest BCUT2D eigenvalue weighted by Gasteiger charge is 2.25. The van der Waals surface area contributed by atoms with Crippen LogP contribution in [-0.4, -0.2) is 40.1 Å². The van der Waals surface area contributed by atoms with Gasteiger partial charge in [0.15, 0.2) is 5.82 Å². The predicted octanol–water partition coefficient (Wildman–Crippen LogP) is 1.86. The summed E-state index contributed by atoms with van der Waals surface area (Å²) in [5.41, 5.74) is 0.0282. The van der Waals surface area contributed by atoms with E-state index in [1.54, 1.807) is 12.4 Å². The summed E-state index contributed by atoms with van der Waals surface area (Å²) in [5, 5.41) is 3.29. The minimum absolute atomic E-state index is 0.0282. The molecule has 1 atom stereocenters. The minimum Gasteiger partial charge on any atom is -0.362 e. The Hall–Kier alpha value is -1.36. The first-order valence-corrected chi connectivity index (χ1v) is 7.80. The zero-order valence-corrected chi connectivity index (χ0v) is 12.2. The number of hydrogen-bond acceptors (Lipinski definition) is 4. The number of piperidine rings is 1. The topological polar surface area (TPSA) is 50.2 Å². The first kappa shape index (κ1) is 13.6. The molecular formula is C15H24N4O. The van der Waals surface area contributed by atoms with Gasteiger partial charge in [0.05, 0.1) is 0 Å². The van der Waals surface area contributed by atoms with Gasteiger partial charge in [0, 0.05) is 31.0 Å². The Labute approximate surface area is 120 Å². The molecule has 1 aliphatic heterocycles. The molecule has 2 heterocycles. The fraction of sp³-hybridized carbons (Fsp3) is 0.733. The van der Waals surface area contributed by atoms with Gasteiger partial charge in [0.1, 0.15) is 0 Å². The highest BCUT2D eigenvalue weighted by Crippen LogP contribution is 2.33. The summed E-state index contributed by atoms with van der Waals surface area (Å²) in [7, 11) is 0. The molecule has 2 aliphatic rings. The largest absolute Gasteiger partial charge is 0.362 e. The summed E-state index contributed by atoms with van der Waals surface area (Å²) >= 11 is 0. The molecule has 1 aromatic rings. The third-order valence-corrected chi connectivity index (χ3v) is 4.17. The first-order chi connectivity index (χ1) is 9.74. The number of nitrogens with zero attached hydrogens (tertiary/aromatic N) is 3. The quantitative estimate of drug-likeness (QED) is 0.892. The number of aromatic nitrogens is 2. The molecule has 0 radical (unpaired) electrons. The van der Waals surface area contributed by atoms with Crippen LogP contribution in [0.4, 0.5) is 5.82 Å². The summed E-state index contributed by atoms with van der Waals surface area (Å²) in [4.78, 5) is 19.0. The number of rotatable bonds is 5. The van der Waals surface area contributed by atoms with Crippen LogP contribution in [0.15, 0.2) is 17.2 Å². The summed E-state index contributed by atoms with van der Waals surface area (Å²) in [6.07, 6.45) is 9.72. The van der Waals surface area contributed by atoms with E-state index in [4.69, 9.17) is 0 Å². The lowest BCUT2D eigenvalue weighted by Crippen LogP contribution is -2.39. The van der Waals surface area contributed by atoms with E-state index in [1.807, 2.05) is 4.57 Å². The molecule has 5 heteroatoms. The van der Waals surface area contributed by atoms with Gasteiger partial charge in [-0.1, -0.05) is 6.42 Å². The average molecular weight is 276 g/mol. The second-order valence-electron chi connectivity index (χ2n) is 6.13. The summed E-state index contributed by atoms with van der Waals surface area (Å²) in [6, 6.07) is 0.659. The van der Waals surface area contributed by atoms with E-state index < -0.39 is 0 Å². The second-order valence-corrected chi connectivity index (χ2v) is 6.13. The van der Waals surface area contributed by atoms with Crippen molar-refractivity contribution in [3.63, 3.8) is 0 Å². The van der Waals surface area contributed by atoms with E-state index in [-0.39, 0.29) is 11.6 Å². The molecule has 2 fully saturated rings. The van der Waals surface area contributed by atoms with Crippen molar-refractivity contribution in [1.82, 2.24) is 14.5 Å². The molecule has 0 bridgehead atoms. The van der Waals surface area contributed by atoms with Crippen LogP contribution in [-0.2, 0) is 0 Å². The molecule has 1 unspecified atom stereocenters. The molecule has 1 saturated heterocycles. The van der Waals surface area contributed by atoms with Crippen molar-refractivity contribution in [2.75, 3.05) is 25.0 Å². The summed E-state index contributed by atoms with van der Waals surface area (Å²) in [5.74, 6) is 0.504. The zero-order chi connectivity index (χ0) is 13.9. The monoisotopic (exact) mass is 276 g/mol. The Bertz CT molecular complexity index is 503. The predicted molar refractivity (Wildman–Crippen MR) is 80.1 cm³/mol. The van der Waals surface area contributed by atoms with Gasteiger partial charge < -0.3 is 14.8 Å². The van der Waals surface area contributed by atoms with Crippen molar-refractivity contribution < 1.29 is 0 Å². The molecule has 1 saturated carbocycles. The van der Waals surface area contributed by atoms with Crippen LogP contribution in [0.2, 0.25) is 0 Å². The Morgan fingerprint density at radius 2 is 2.10 bits per heavy atom. The van der Waals surface area contributed by atoms with Crippen LogP contribution in [0.25, 0.3) is 0 Å². The highest BCUT2D eigenvalue weighted by atomic mass is 16.1. The standard InChI is InChI=1S/C15H24N4O/c1-12(11-18-8-3-2-4-9-18)17-14-15(20)19(10-7-16-14)13-5-6-13/h7,10,12-13H,2-6,8-9,11H2,1H3,(H,16,17). The molecule has 0 aromatic carbocycles. The molecule has 0 amide bonds. The third-order valence-electron chi connectivity index (χ3n) is 4.17. The zero-order valence-electron chi connectivity index (χ0n) is 12.2. The van der Waals surface area contributed by atoms with E-state index >= 15 is 0 Å². The van der Waals surface area contributed by atoms with Crippen molar-refractivity contribution in [2.45, 2.75) is 51.1 Å². The smallest absolute Gasteiger partial charge is 0.293 e. The van der Waals surface area contributed by atoms with Gasteiger partial charge in [0.2, 0.25) is 0 Å². The summed E-state index contributed by atoms with van der Waals surface area (Å²) in [6.45, 7) is 5.48. The van der Waals surface area contributed by atoms with Gasteiger partial charge in [-0.05, 0) is 45.7 Å². The van der Waals surface area contributed by atoms with Crippen LogP contribution in [0.1, 0.15) is 45.1 Å². The van der Waals surface area contributed by atoms with Crippen molar-refractivity contribution >= 4 is 5.82 Å². The molecule has 20 heavy (non-hydrogen) atoms. The number of likely N-dealkylation sites (tertiary alicyclic amines) is 1. The molecule has 5 nitrogen and oxygen atoms in total. The van der Waals surface area contributed by atoms with Crippen LogP contribution >= 0.6 is 0 Å². The van der Waals surface area contributed by atoms with Gasteiger partial charge in [-0.25, -0.2) is 4.98 Å². The maximum absolute atomic E-state index is 12.3. The molecule has 1 aromatic heterocycles. The maximum atomic E-state index is 12.3. The normalized spacial score (nSPS) is 21.6.